The van der Waals surface area contributed by atoms with Crippen molar-refractivity contribution >= 4 is 5.97 Å². The van der Waals surface area contributed by atoms with E-state index in [-0.39, 0.29) is 5.97 Å². The summed E-state index contributed by atoms with van der Waals surface area (Å²) >= 11 is 0. The molecule has 2 aromatic carbocycles. The van der Waals surface area contributed by atoms with Crippen molar-refractivity contribution in [1.29, 1.82) is 0 Å². The van der Waals surface area contributed by atoms with E-state index in [0.717, 1.165) is 22.6 Å². The third-order valence-electron chi connectivity index (χ3n) is 4.16. The van der Waals surface area contributed by atoms with Gasteiger partial charge in [0.25, 0.3) is 0 Å². The number of nitrogens with zero attached hydrogens (tertiary/aromatic N) is 1. The van der Waals surface area contributed by atoms with E-state index in [1.807, 2.05) is 88.4 Å². The minimum Gasteiger partial charge on any atom is -0.459 e. The van der Waals surface area contributed by atoms with Crippen LogP contribution in [0.1, 0.15) is 43.8 Å². The molecule has 3 rings (SSSR count). The maximum absolute atomic E-state index is 12.8. The molecule has 1 N–H and O–H groups in total. The van der Waals surface area contributed by atoms with Crippen LogP contribution >= 0.6 is 0 Å². The predicted molar refractivity (Wildman–Crippen MR) is 109 cm³/mol. The molecule has 1 aromatic heterocycles. The molecule has 0 unspecified atom stereocenters. The van der Waals surface area contributed by atoms with Gasteiger partial charge in [-0.2, -0.15) is 0 Å². The highest BCUT2D eigenvalue weighted by Gasteiger charge is 2.27. The largest absolute Gasteiger partial charge is 0.459 e. The van der Waals surface area contributed by atoms with Gasteiger partial charge in [-0.25, -0.2) is 9.78 Å². The molecule has 0 saturated carbocycles. The normalized spacial score (nSPS) is 12.6. The molecular formula is C23H26N2O3. The molecule has 0 spiro atoms. The molecule has 0 bridgehead atoms. The second-order valence-corrected chi connectivity index (χ2v) is 7.65. The van der Waals surface area contributed by atoms with Crippen LogP contribution in [-0.2, 0) is 16.1 Å². The van der Waals surface area contributed by atoms with Crippen LogP contribution in [0.25, 0.3) is 11.5 Å². The minimum absolute atomic E-state index is 0.317. The van der Waals surface area contributed by atoms with Crippen molar-refractivity contribution in [3.05, 3.63) is 77.7 Å². The summed E-state index contributed by atoms with van der Waals surface area (Å²) in [6.07, 6.45) is 0. The number of hydrogen-bond donors (Lipinski definition) is 1. The molecule has 0 radical (unpaired) electrons. The van der Waals surface area contributed by atoms with Crippen LogP contribution in [0.4, 0.5) is 0 Å². The Bertz CT molecular complexity index is 912. The molecule has 5 heteroatoms. The van der Waals surface area contributed by atoms with Crippen LogP contribution in [0.3, 0.4) is 0 Å². The monoisotopic (exact) mass is 378 g/mol. The molecule has 1 heterocycles. The first-order chi connectivity index (χ1) is 13.3. The number of oxazole rings is 1. The lowest BCUT2D eigenvalue weighted by atomic mass is 10.1. The molecule has 0 aliphatic rings. The number of aryl methyl sites for hydroxylation is 1. The van der Waals surface area contributed by atoms with E-state index in [0.29, 0.717) is 12.4 Å². The molecule has 0 aliphatic carbocycles. The molecule has 5 nitrogen and oxygen atoms in total. The molecule has 0 amide bonds. The van der Waals surface area contributed by atoms with Crippen molar-refractivity contribution in [1.82, 2.24) is 10.3 Å². The quantitative estimate of drug-likeness (QED) is 0.623. The van der Waals surface area contributed by atoms with Gasteiger partial charge in [0.2, 0.25) is 5.89 Å². The zero-order chi connectivity index (χ0) is 20.1. The Morgan fingerprint density at radius 2 is 1.68 bits per heavy atom. The molecule has 0 fully saturated rings. The topological polar surface area (TPSA) is 64.4 Å². The van der Waals surface area contributed by atoms with E-state index in [9.17, 15) is 4.79 Å². The number of ether oxygens (including phenoxy) is 1. The minimum atomic E-state index is -0.586. The number of benzene rings is 2. The first kappa shape index (κ1) is 19.8. The first-order valence-corrected chi connectivity index (χ1v) is 9.36. The van der Waals surface area contributed by atoms with Crippen molar-refractivity contribution in [2.75, 3.05) is 0 Å². The van der Waals surface area contributed by atoms with Gasteiger partial charge in [0, 0.05) is 12.1 Å². The number of hydrogen-bond acceptors (Lipinski definition) is 5. The summed E-state index contributed by atoms with van der Waals surface area (Å²) in [7, 11) is 0. The van der Waals surface area contributed by atoms with Gasteiger partial charge in [-0.3, -0.25) is 5.32 Å². The standard InChI is InChI=1S/C23H26N2O3/c1-16-19(25-21(27-16)18-13-9-6-10-14-18)15-24-20(17-11-7-5-8-12-17)22(26)28-23(2,3)4/h5-14,20,24H,15H2,1-4H3/t20-/m1/s1. The third kappa shape index (κ3) is 5.08. The Kier molecular flexibility index (Phi) is 5.95. The van der Waals surface area contributed by atoms with E-state index in [4.69, 9.17) is 9.15 Å². The number of nitrogens with one attached hydrogen (secondary N) is 1. The second kappa shape index (κ2) is 8.40. The zero-order valence-corrected chi connectivity index (χ0v) is 16.7. The summed E-state index contributed by atoms with van der Waals surface area (Å²) < 4.78 is 11.4. The number of aromatic nitrogens is 1. The van der Waals surface area contributed by atoms with Gasteiger partial charge in [-0.1, -0.05) is 48.5 Å². The lowest BCUT2D eigenvalue weighted by Gasteiger charge is -2.24. The number of esters is 1. The fourth-order valence-corrected chi connectivity index (χ4v) is 2.84. The molecule has 28 heavy (non-hydrogen) atoms. The highest BCUT2D eigenvalue weighted by molar-refractivity contribution is 5.78. The summed E-state index contributed by atoms with van der Waals surface area (Å²) in [4.78, 5) is 17.4. The summed E-state index contributed by atoms with van der Waals surface area (Å²) in [5.74, 6) is 0.980. The Labute approximate surface area is 165 Å². The van der Waals surface area contributed by atoms with Crippen LogP contribution in [0, 0.1) is 6.92 Å². The Hall–Kier alpha value is -2.92. The van der Waals surface area contributed by atoms with Crippen LogP contribution in [0.5, 0.6) is 0 Å². The van der Waals surface area contributed by atoms with Crippen LogP contribution in [-0.4, -0.2) is 16.6 Å². The van der Waals surface area contributed by atoms with Gasteiger partial charge >= 0.3 is 5.97 Å². The van der Waals surface area contributed by atoms with Gasteiger partial charge in [-0.15, -0.1) is 0 Å². The van der Waals surface area contributed by atoms with E-state index in [2.05, 4.69) is 10.3 Å². The molecule has 3 aromatic rings. The van der Waals surface area contributed by atoms with Crippen LogP contribution < -0.4 is 5.32 Å². The number of rotatable bonds is 6. The average Bonchev–Trinajstić information content (AvgIpc) is 3.03. The summed E-state index contributed by atoms with van der Waals surface area (Å²) in [6.45, 7) is 7.85. The van der Waals surface area contributed by atoms with Crippen molar-refractivity contribution in [2.45, 2.75) is 45.9 Å². The average molecular weight is 378 g/mol. The molecular weight excluding hydrogens is 352 g/mol. The molecule has 0 saturated heterocycles. The van der Waals surface area contributed by atoms with Gasteiger partial charge < -0.3 is 9.15 Å². The summed E-state index contributed by atoms with van der Waals surface area (Å²) in [5, 5.41) is 3.28. The lowest BCUT2D eigenvalue weighted by Crippen LogP contribution is -2.35. The summed E-state index contributed by atoms with van der Waals surface area (Å²) in [6, 6.07) is 18.7. The van der Waals surface area contributed by atoms with Crippen LogP contribution in [0.2, 0.25) is 0 Å². The zero-order valence-electron chi connectivity index (χ0n) is 16.7. The highest BCUT2D eigenvalue weighted by atomic mass is 16.6. The molecule has 146 valence electrons. The second-order valence-electron chi connectivity index (χ2n) is 7.65. The van der Waals surface area contributed by atoms with Crippen LogP contribution in [0.15, 0.2) is 65.1 Å². The first-order valence-electron chi connectivity index (χ1n) is 9.36. The fraction of sp³-hybridized carbons (Fsp3) is 0.304. The third-order valence-corrected chi connectivity index (χ3v) is 4.16. The predicted octanol–water partition coefficient (Wildman–Crippen LogP) is 4.82. The summed E-state index contributed by atoms with van der Waals surface area (Å²) in [5.41, 5.74) is 1.98. The van der Waals surface area contributed by atoms with Gasteiger partial charge in [-0.05, 0) is 45.4 Å². The van der Waals surface area contributed by atoms with Crippen molar-refractivity contribution in [3.8, 4) is 11.5 Å². The van der Waals surface area contributed by atoms with E-state index < -0.39 is 11.6 Å². The SMILES string of the molecule is Cc1oc(-c2ccccc2)nc1CN[C@@H](C(=O)OC(C)(C)C)c1ccccc1. The maximum Gasteiger partial charge on any atom is 0.328 e. The molecule has 1 atom stereocenters. The van der Waals surface area contributed by atoms with Gasteiger partial charge in [0.05, 0.1) is 5.69 Å². The van der Waals surface area contributed by atoms with E-state index >= 15 is 0 Å². The van der Waals surface area contributed by atoms with Crippen molar-refractivity contribution in [3.63, 3.8) is 0 Å². The van der Waals surface area contributed by atoms with Crippen molar-refractivity contribution < 1.29 is 13.9 Å². The van der Waals surface area contributed by atoms with Crippen molar-refractivity contribution in [2.24, 2.45) is 0 Å². The van der Waals surface area contributed by atoms with E-state index in [1.165, 1.54) is 0 Å². The Balaban J connectivity index is 1.79. The smallest absolute Gasteiger partial charge is 0.328 e. The molecule has 0 aliphatic heterocycles. The maximum atomic E-state index is 12.8. The number of carbonyl (C=O) groups excluding carboxylic acids is 1. The Morgan fingerprint density at radius 1 is 1.07 bits per heavy atom. The van der Waals surface area contributed by atoms with E-state index in [1.54, 1.807) is 0 Å². The van der Waals surface area contributed by atoms with Gasteiger partial charge in [0.1, 0.15) is 17.4 Å². The highest BCUT2D eigenvalue weighted by Crippen LogP contribution is 2.23. The Morgan fingerprint density at radius 3 is 2.29 bits per heavy atom. The fourth-order valence-electron chi connectivity index (χ4n) is 2.84. The lowest BCUT2D eigenvalue weighted by molar-refractivity contribution is -0.157. The number of carbonyl (C=O) groups is 1. The van der Waals surface area contributed by atoms with Gasteiger partial charge in [0.15, 0.2) is 0 Å².